The highest BCUT2D eigenvalue weighted by atomic mass is 14.5. The lowest BCUT2D eigenvalue weighted by atomic mass is 9.58. The van der Waals surface area contributed by atoms with Gasteiger partial charge in [-0.2, -0.15) is 0 Å². The molecule has 1 aromatic rings. The molecule has 2 aliphatic rings. The van der Waals surface area contributed by atoms with Crippen LogP contribution in [0.15, 0.2) is 88.6 Å². The van der Waals surface area contributed by atoms with Gasteiger partial charge in [-0.05, 0) is 73.1 Å². The van der Waals surface area contributed by atoms with Gasteiger partial charge in [0.05, 0.1) is 0 Å². The van der Waals surface area contributed by atoms with Crippen molar-refractivity contribution in [1.29, 1.82) is 0 Å². The first-order valence-electron chi connectivity index (χ1n) is 11.7. The highest BCUT2D eigenvalue weighted by molar-refractivity contribution is 5.63. The van der Waals surface area contributed by atoms with Crippen molar-refractivity contribution in [2.45, 2.75) is 80.1 Å². The lowest BCUT2D eigenvalue weighted by molar-refractivity contribution is 0.340. The molecular formula is C31H41. The van der Waals surface area contributed by atoms with Crippen LogP contribution in [0.25, 0.3) is 0 Å². The quantitative estimate of drug-likeness (QED) is 0.461. The maximum Gasteiger partial charge on any atom is 0.0427 e. The molecule has 1 aromatic carbocycles. The molecule has 165 valence electrons. The Kier molecular flexibility index (Phi) is 6.43. The smallest absolute Gasteiger partial charge is 0.0427 e. The Labute approximate surface area is 191 Å². The maximum atomic E-state index is 4.65. The molecule has 2 aliphatic carbocycles. The fraction of sp³-hybridized carbons (Fsp3) is 0.452. The third-order valence-corrected chi connectivity index (χ3v) is 6.76. The van der Waals surface area contributed by atoms with Crippen LogP contribution in [0, 0.1) is 17.3 Å². The van der Waals surface area contributed by atoms with Crippen molar-refractivity contribution in [2.24, 2.45) is 10.8 Å². The van der Waals surface area contributed by atoms with Gasteiger partial charge in [0.15, 0.2) is 0 Å². The summed E-state index contributed by atoms with van der Waals surface area (Å²) in [5.41, 5.74) is 10.1. The fourth-order valence-electron chi connectivity index (χ4n) is 6.03. The zero-order valence-electron chi connectivity index (χ0n) is 21.0. The molecule has 1 atom stereocenters. The molecule has 0 heterocycles. The molecule has 0 aromatic heterocycles. The molecule has 0 spiro atoms. The van der Waals surface area contributed by atoms with Crippen molar-refractivity contribution in [1.82, 2.24) is 0 Å². The number of benzene rings is 1. The van der Waals surface area contributed by atoms with Crippen molar-refractivity contribution in [3.8, 4) is 0 Å². The third-order valence-electron chi connectivity index (χ3n) is 6.76. The van der Waals surface area contributed by atoms with Crippen molar-refractivity contribution in [2.75, 3.05) is 0 Å². The molecule has 31 heavy (non-hydrogen) atoms. The van der Waals surface area contributed by atoms with Gasteiger partial charge in [-0.1, -0.05) is 106 Å². The Morgan fingerprint density at radius 3 is 2.13 bits per heavy atom. The van der Waals surface area contributed by atoms with E-state index >= 15 is 0 Å². The number of hydrogen-bond acceptors (Lipinski definition) is 0. The zero-order valence-corrected chi connectivity index (χ0v) is 21.0. The first-order valence-corrected chi connectivity index (χ1v) is 11.7. The number of hydrogen-bond donors (Lipinski definition) is 0. The van der Waals surface area contributed by atoms with E-state index in [4.69, 9.17) is 0 Å². The van der Waals surface area contributed by atoms with Crippen molar-refractivity contribution < 1.29 is 0 Å². The molecule has 0 aliphatic heterocycles. The molecule has 0 saturated carbocycles. The lowest BCUT2D eigenvalue weighted by Gasteiger charge is -2.45. The second kappa shape index (κ2) is 8.45. The maximum absolute atomic E-state index is 4.65. The van der Waals surface area contributed by atoms with Gasteiger partial charge in [0.1, 0.15) is 0 Å². The van der Waals surface area contributed by atoms with Gasteiger partial charge in [-0.25, -0.2) is 0 Å². The second-order valence-electron chi connectivity index (χ2n) is 11.8. The van der Waals surface area contributed by atoms with Crippen molar-refractivity contribution in [3.63, 3.8) is 0 Å². The van der Waals surface area contributed by atoms with E-state index < -0.39 is 0 Å². The summed E-state index contributed by atoms with van der Waals surface area (Å²) >= 11 is 0. The van der Waals surface area contributed by atoms with E-state index in [1.807, 2.05) is 0 Å². The van der Waals surface area contributed by atoms with E-state index in [9.17, 15) is 0 Å². The Bertz CT molecular complexity index is 967. The summed E-state index contributed by atoms with van der Waals surface area (Å²) in [4.78, 5) is 0. The van der Waals surface area contributed by atoms with Crippen LogP contribution in [0.3, 0.4) is 0 Å². The van der Waals surface area contributed by atoms with Crippen molar-refractivity contribution >= 4 is 0 Å². The van der Waals surface area contributed by atoms with E-state index in [-0.39, 0.29) is 16.2 Å². The fourth-order valence-corrected chi connectivity index (χ4v) is 6.03. The third kappa shape index (κ3) is 4.89. The Balaban J connectivity index is 2.38. The molecule has 1 radical (unpaired) electrons. The van der Waals surface area contributed by atoms with Gasteiger partial charge in [-0.3, -0.25) is 0 Å². The summed E-state index contributed by atoms with van der Waals surface area (Å²) in [6.07, 6.45) is 12.3. The highest BCUT2D eigenvalue weighted by Crippen LogP contribution is 2.54. The molecule has 3 rings (SSSR count). The molecule has 0 saturated heterocycles. The molecular weight excluding hydrogens is 372 g/mol. The standard InChI is InChI=1S/C31H41/c1-22-15-13-14-16-25(21-29(4,5)6)28(22)31(9,26-17-11-10-12-18-26)27-23(2)19-30(7,8)20-24(27)3/h10-18H,2,19-21H2,1,3-9H3/t31-/m1/s1. The molecule has 0 fully saturated rings. The summed E-state index contributed by atoms with van der Waals surface area (Å²) in [6, 6.07) is 11.1. The Hall–Kier alpha value is -2.08. The molecule has 0 bridgehead atoms. The Morgan fingerprint density at radius 1 is 0.903 bits per heavy atom. The van der Waals surface area contributed by atoms with Gasteiger partial charge in [0.2, 0.25) is 0 Å². The minimum atomic E-state index is -0.234. The van der Waals surface area contributed by atoms with E-state index in [1.54, 1.807) is 0 Å². The number of allylic oxidation sites excluding steroid dienone is 9. The largest absolute Gasteiger partial charge is 0.0955 e. The summed E-state index contributed by atoms with van der Waals surface area (Å²) in [5, 5.41) is 0. The molecule has 0 heteroatoms. The van der Waals surface area contributed by atoms with E-state index in [2.05, 4.69) is 117 Å². The van der Waals surface area contributed by atoms with Crippen LogP contribution in [0.5, 0.6) is 0 Å². The molecule has 0 N–H and O–H groups in total. The van der Waals surface area contributed by atoms with Crippen LogP contribution in [0.2, 0.25) is 0 Å². The van der Waals surface area contributed by atoms with Crippen LogP contribution < -0.4 is 0 Å². The minimum absolute atomic E-state index is 0.210. The highest BCUT2D eigenvalue weighted by Gasteiger charge is 2.43. The summed E-state index contributed by atoms with van der Waals surface area (Å²) in [5.74, 6) is 0. The first-order chi connectivity index (χ1) is 14.3. The predicted octanol–water partition coefficient (Wildman–Crippen LogP) is 9.09. The van der Waals surface area contributed by atoms with Crippen molar-refractivity contribution in [3.05, 3.63) is 101 Å². The lowest BCUT2D eigenvalue weighted by Crippen LogP contribution is -2.35. The van der Waals surface area contributed by atoms with Crippen LogP contribution in [-0.2, 0) is 5.41 Å². The molecule has 0 amide bonds. The van der Waals surface area contributed by atoms with E-state index in [0.717, 1.165) is 19.3 Å². The van der Waals surface area contributed by atoms with Gasteiger partial charge in [0.25, 0.3) is 0 Å². The monoisotopic (exact) mass is 413 g/mol. The van der Waals surface area contributed by atoms with Gasteiger partial charge in [-0.15, -0.1) is 0 Å². The van der Waals surface area contributed by atoms with Gasteiger partial charge < -0.3 is 0 Å². The van der Waals surface area contributed by atoms with Crippen LogP contribution in [0.1, 0.15) is 80.2 Å². The Morgan fingerprint density at radius 2 is 1.55 bits per heavy atom. The summed E-state index contributed by atoms with van der Waals surface area (Å²) in [6.45, 7) is 23.5. The SMILES string of the molecule is C=C1CC(C)(C)CC(C)=C1[C@](C)(C1=C(CC(C)(C)C)[CH]C=CC=C1C)c1ccccc1. The predicted molar refractivity (Wildman–Crippen MR) is 137 cm³/mol. The molecule has 0 nitrogen and oxygen atoms in total. The zero-order chi connectivity index (χ0) is 23.0. The summed E-state index contributed by atoms with van der Waals surface area (Å²) in [7, 11) is 0. The van der Waals surface area contributed by atoms with Crippen LogP contribution in [0.4, 0.5) is 0 Å². The van der Waals surface area contributed by atoms with E-state index in [1.165, 1.54) is 39.0 Å². The summed E-state index contributed by atoms with van der Waals surface area (Å²) < 4.78 is 0. The van der Waals surface area contributed by atoms with Crippen LogP contribution >= 0.6 is 0 Å². The second-order valence-corrected chi connectivity index (χ2v) is 11.8. The molecule has 0 unspecified atom stereocenters. The van der Waals surface area contributed by atoms with Crippen LogP contribution in [-0.4, -0.2) is 0 Å². The van der Waals surface area contributed by atoms with Gasteiger partial charge >= 0.3 is 0 Å². The average molecular weight is 414 g/mol. The topological polar surface area (TPSA) is 0 Å². The van der Waals surface area contributed by atoms with E-state index in [0.29, 0.717) is 0 Å². The average Bonchev–Trinajstić information content (AvgIpc) is 2.80. The minimum Gasteiger partial charge on any atom is -0.0955 e. The number of rotatable bonds is 4. The normalized spacial score (nSPS) is 21.7. The van der Waals surface area contributed by atoms with Gasteiger partial charge in [0, 0.05) is 11.8 Å². The first kappa shape index (κ1) is 23.6.